The third-order valence-electron chi connectivity index (χ3n) is 5.04. The summed E-state index contributed by atoms with van der Waals surface area (Å²) in [7, 11) is 0. The molecule has 1 amide bonds. The normalized spacial score (nSPS) is 15.4. The summed E-state index contributed by atoms with van der Waals surface area (Å²) < 4.78 is 39.5. The molecule has 7 heteroatoms. The zero-order valence-corrected chi connectivity index (χ0v) is 16.5. The Morgan fingerprint density at radius 3 is 2.34 bits per heavy atom. The van der Waals surface area contributed by atoms with Gasteiger partial charge in [-0.25, -0.2) is 0 Å². The van der Waals surface area contributed by atoms with E-state index in [9.17, 15) is 18.0 Å². The third kappa shape index (κ3) is 5.73. The van der Waals surface area contributed by atoms with Gasteiger partial charge < -0.3 is 10.2 Å². The molecule has 1 aliphatic rings. The van der Waals surface area contributed by atoms with Crippen LogP contribution in [0.1, 0.15) is 30.9 Å². The minimum atomic E-state index is -4.45. The molecule has 1 saturated heterocycles. The SMILES string of the molecule is CCCC(=O)Nc1cc(C(F)(F)F)ccc1N1CCN(Cc2ccccc2)CC1. The lowest BCUT2D eigenvalue weighted by Gasteiger charge is -2.37. The van der Waals surface area contributed by atoms with Crippen molar-refractivity contribution in [1.82, 2.24) is 4.90 Å². The largest absolute Gasteiger partial charge is 0.416 e. The van der Waals surface area contributed by atoms with Crippen LogP contribution in [0.5, 0.6) is 0 Å². The lowest BCUT2D eigenvalue weighted by Crippen LogP contribution is -2.46. The van der Waals surface area contributed by atoms with Gasteiger partial charge in [-0.1, -0.05) is 37.3 Å². The van der Waals surface area contributed by atoms with Crippen molar-refractivity contribution in [3.63, 3.8) is 0 Å². The Morgan fingerprint density at radius 2 is 1.72 bits per heavy atom. The molecule has 4 nitrogen and oxygen atoms in total. The van der Waals surface area contributed by atoms with Crippen molar-refractivity contribution in [2.24, 2.45) is 0 Å². The maximum atomic E-state index is 13.2. The maximum absolute atomic E-state index is 13.2. The van der Waals surface area contributed by atoms with Crippen LogP contribution in [-0.4, -0.2) is 37.0 Å². The number of carbonyl (C=O) groups is 1. The molecule has 3 rings (SSSR count). The molecule has 0 saturated carbocycles. The summed E-state index contributed by atoms with van der Waals surface area (Å²) in [6, 6.07) is 13.8. The fourth-order valence-electron chi connectivity index (χ4n) is 3.52. The highest BCUT2D eigenvalue weighted by atomic mass is 19.4. The summed E-state index contributed by atoms with van der Waals surface area (Å²) in [4.78, 5) is 16.4. The van der Waals surface area contributed by atoms with Crippen LogP contribution in [0.3, 0.4) is 0 Å². The number of amides is 1. The molecule has 1 heterocycles. The van der Waals surface area contributed by atoms with Crippen molar-refractivity contribution in [2.45, 2.75) is 32.5 Å². The highest BCUT2D eigenvalue weighted by Gasteiger charge is 2.32. The van der Waals surface area contributed by atoms with E-state index in [4.69, 9.17) is 0 Å². The molecule has 1 fully saturated rings. The van der Waals surface area contributed by atoms with E-state index in [-0.39, 0.29) is 18.0 Å². The number of benzene rings is 2. The molecule has 1 N–H and O–H groups in total. The Balaban J connectivity index is 1.73. The molecule has 0 radical (unpaired) electrons. The van der Waals surface area contributed by atoms with Crippen LogP contribution in [0, 0.1) is 0 Å². The van der Waals surface area contributed by atoms with Crippen molar-refractivity contribution in [3.05, 3.63) is 59.7 Å². The van der Waals surface area contributed by atoms with Gasteiger partial charge in [0.1, 0.15) is 0 Å². The number of rotatable bonds is 6. The fraction of sp³-hybridized carbons (Fsp3) is 0.409. The molecule has 0 unspecified atom stereocenters. The molecule has 0 bridgehead atoms. The van der Waals surface area contributed by atoms with E-state index >= 15 is 0 Å². The summed E-state index contributed by atoms with van der Waals surface area (Å²) in [5.74, 6) is -0.268. The van der Waals surface area contributed by atoms with Crippen molar-refractivity contribution >= 4 is 17.3 Å². The van der Waals surface area contributed by atoms with Gasteiger partial charge in [0.2, 0.25) is 5.91 Å². The average Bonchev–Trinajstić information content (AvgIpc) is 2.69. The summed E-state index contributed by atoms with van der Waals surface area (Å²) in [6.07, 6.45) is -3.53. The van der Waals surface area contributed by atoms with Crippen molar-refractivity contribution in [2.75, 3.05) is 36.4 Å². The van der Waals surface area contributed by atoms with Crippen LogP contribution in [0.4, 0.5) is 24.5 Å². The Bertz CT molecular complexity index is 816. The number of hydrogen-bond acceptors (Lipinski definition) is 3. The van der Waals surface area contributed by atoms with Gasteiger partial charge in [-0.15, -0.1) is 0 Å². The van der Waals surface area contributed by atoms with E-state index in [0.29, 0.717) is 25.2 Å². The van der Waals surface area contributed by atoms with Crippen molar-refractivity contribution in [3.8, 4) is 0 Å². The van der Waals surface area contributed by atoms with E-state index in [0.717, 1.165) is 31.8 Å². The molecule has 29 heavy (non-hydrogen) atoms. The number of anilines is 2. The van der Waals surface area contributed by atoms with Crippen LogP contribution >= 0.6 is 0 Å². The third-order valence-corrected chi connectivity index (χ3v) is 5.04. The van der Waals surface area contributed by atoms with Gasteiger partial charge in [0.15, 0.2) is 0 Å². The number of carbonyl (C=O) groups excluding carboxylic acids is 1. The Hall–Kier alpha value is -2.54. The summed E-state index contributed by atoms with van der Waals surface area (Å²) in [6.45, 7) is 5.70. The minimum absolute atomic E-state index is 0.231. The first kappa shape index (κ1) is 21.2. The minimum Gasteiger partial charge on any atom is -0.367 e. The van der Waals surface area contributed by atoms with Crippen LogP contribution in [-0.2, 0) is 17.5 Å². The Kier molecular flexibility index (Phi) is 6.79. The lowest BCUT2D eigenvalue weighted by molar-refractivity contribution is -0.137. The molecule has 0 spiro atoms. The van der Waals surface area contributed by atoms with E-state index in [2.05, 4.69) is 22.3 Å². The van der Waals surface area contributed by atoms with E-state index in [1.807, 2.05) is 30.0 Å². The van der Waals surface area contributed by atoms with Gasteiger partial charge in [0.25, 0.3) is 0 Å². The topological polar surface area (TPSA) is 35.6 Å². The van der Waals surface area contributed by atoms with Gasteiger partial charge in [0.05, 0.1) is 16.9 Å². The maximum Gasteiger partial charge on any atom is 0.416 e. The van der Waals surface area contributed by atoms with Gasteiger partial charge in [-0.3, -0.25) is 9.69 Å². The second-order valence-corrected chi connectivity index (χ2v) is 7.28. The number of piperazine rings is 1. The van der Waals surface area contributed by atoms with Crippen LogP contribution in [0.15, 0.2) is 48.5 Å². The van der Waals surface area contributed by atoms with Gasteiger partial charge >= 0.3 is 6.18 Å². The molecular weight excluding hydrogens is 379 g/mol. The number of halogens is 3. The molecule has 2 aromatic rings. The monoisotopic (exact) mass is 405 g/mol. The second kappa shape index (κ2) is 9.31. The zero-order chi connectivity index (χ0) is 20.9. The van der Waals surface area contributed by atoms with Crippen LogP contribution in [0.25, 0.3) is 0 Å². The van der Waals surface area contributed by atoms with Gasteiger partial charge in [-0.2, -0.15) is 13.2 Å². The van der Waals surface area contributed by atoms with E-state index < -0.39 is 11.7 Å². The molecule has 156 valence electrons. The first-order valence-corrected chi connectivity index (χ1v) is 9.89. The smallest absolute Gasteiger partial charge is 0.367 e. The highest BCUT2D eigenvalue weighted by Crippen LogP contribution is 2.36. The average molecular weight is 405 g/mol. The second-order valence-electron chi connectivity index (χ2n) is 7.28. The number of hydrogen-bond donors (Lipinski definition) is 1. The predicted octanol–water partition coefficient (Wildman–Crippen LogP) is 4.77. The van der Waals surface area contributed by atoms with Crippen molar-refractivity contribution < 1.29 is 18.0 Å². The number of nitrogens with zero attached hydrogens (tertiary/aromatic N) is 2. The first-order valence-electron chi connectivity index (χ1n) is 9.89. The van der Waals surface area contributed by atoms with Gasteiger partial charge in [0, 0.05) is 39.1 Å². The van der Waals surface area contributed by atoms with E-state index in [1.165, 1.54) is 11.6 Å². The van der Waals surface area contributed by atoms with Crippen LogP contribution < -0.4 is 10.2 Å². The highest BCUT2D eigenvalue weighted by molar-refractivity contribution is 5.94. The molecule has 0 aromatic heterocycles. The molecule has 2 aromatic carbocycles. The fourth-order valence-corrected chi connectivity index (χ4v) is 3.52. The predicted molar refractivity (Wildman–Crippen MR) is 109 cm³/mol. The quantitative estimate of drug-likeness (QED) is 0.752. The van der Waals surface area contributed by atoms with Crippen molar-refractivity contribution in [1.29, 1.82) is 0 Å². The van der Waals surface area contributed by atoms with Gasteiger partial charge in [-0.05, 0) is 30.2 Å². The standard InChI is InChI=1S/C22H26F3N3O/c1-2-6-21(29)26-19-15-18(22(23,24)25)9-10-20(19)28-13-11-27(12-14-28)16-17-7-4-3-5-8-17/h3-5,7-10,15H,2,6,11-14,16H2,1H3,(H,26,29). The summed E-state index contributed by atoms with van der Waals surface area (Å²) in [5.41, 5.74) is 1.36. The molecule has 1 aliphatic heterocycles. The zero-order valence-electron chi connectivity index (χ0n) is 16.5. The molecule has 0 aliphatic carbocycles. The van der Waals surface area contributed by atoms with Crippen LogP contribution in [0.2, 0.25) is 0 Å². The first-order chi connectivity index (χ1) is 13.9. The summed E-state index contributed by atoms with van der Waals surface area (Å²) in [5, 5.41) is 2.68. The molecular formula is C22H26F3N3O. The number of alkyl halides is 3. The summed E-state index contributed by atoms with van der Waals surface area (Å²) >= 11 is 0. The van der Waals surface area contributed by atoms with E-state index in [1.54, 1.807) is 0 Å². The number of nitrogens with one attached hydrogen (secondary N) is 1. The Morgan fingerprint density at radius 1 is 1.03 bits per heavy atom. The Labute approximate surface area is 169 Å². The lowest BCUT2D eigenvalue weighted by atomic mass is 10.1. The molecule has 0 atom stereocenters.